The van der Waals surface area contributed by atoms with Crippen LogP contribution in [-0.2, 0) is 16.2 Å². The first-order valence-electron chi connectivity index (χ1n) is 7.98. The Balaban J connectivity index is 1.86. The first kappa shape index (κ1) is 20.5. The summed E-state index contributed by atoms with van der Waals surface area (Å²) >= 11 is 9.50. The van der Waals surface area contributed by atoms with Crippen LogP contribution in [0.3, 0.4) is 0 Å². The number of amides is 1. The van der Waals surface area contributed by atoms with Gasteiger partial charge in [0.2, 0.25) is 0 Å². The van der Waals surface area contributed by atoms with Crippen molar-refractivity contribution in [1.29, 1.82) is 0 Å². The summed E-state index contributed by atoms with van der Waals surface area (Å²) in [5.74, 6) is -1.53. The monoisotopic (exact) mass is 481 g/mol. The van der Waals surface area contributed by atoms with Gasteiger partial charge in [0.15, 0.2) is 0 Å². The average Bonchev–Trinajstić information content (AvgIpc) is 2.89. The number of ether oxygens (including phenoxy) is 1. The lowest BCUT2D eigenvalue weighted by Gasteiger charge is -2.11. The smallest absolute Gasteiger partial charge is 0.323 e. The number of halogens is 2. The summed E-state index contributed by atoms with van der Waals surface area (Å²) in [6, 6.07) is 11.5. The van der Waals surface area contributed by atoms with E-state index in [-0.39, 0.29) is 16.7 Å². The normalized spacial score (nSPS) is 15.4. The highest BCUT2D eigenvalue weighted by atomic mass is 79.9. The number of thiocarbonyl (C=S) groups is 1. The van der Waals surface area contributed by atoms with Crippen molar-refractivity contribution in [3.63, 3.8) is 0 Å². The predicted octanol–water partition coefficient (Wildman–Crippen LogP) is 4.45. The molecule has 1 N–H and O–H groups in total. The van der Waals surface area contributed by atoms with Gasteiger partial charge in [-0.05, 0) is 30.3 Å². The minimum absolute atomic E-state index is 0.0229. The van der Waals surface area contributed by atoms with Crippen LogP contribution in [0, 0.1) is 5.82 Å². The third-order valence-electron chi connectivity index (χ3n) is 3.77. The largest absolute Gasteiger partial charge is 0.488 e. The Morgan fingerprint density at radius 3 is 2.79 bits per heavy atom. The molecule has 3 rings (SSSR count). The van der Waals surface area contributed by atoms with Crippen LogP contribution in [-0.4, -0.2) is 32.7 Å². The minimum atomic E-state index is -1.14. The van der Waals surface area contributed by atoms with E-state index < -0.39 is 18.4 Å². The van der Waals surface area contributed by atoms with Crippen LogP contribution >= 0.6 is 39.9 Å². The van der Waals surface area contributed by atoms with Gasteiger partial charge >= 0.3 is 5.97 Å². The number of rotatable bonds is 6. The van der Waals surface area contributed by atoms with Crippen LogP contribution in [0.15, 0.2) is 51.8 Å². The zero-order valence-electron chi connectivity index (χ0n) is 14.2. The van der Waals surface area contributed by atoms with E-state index in [9.17, 15) is 14.0 Å². The Bertz CT molecular complexity index is 996. The molecule has 0 atom stereocenters. The van der Waals surface area contributed by atoms with Gasteiger partial charge in [0.1, 0.15) is 29.0 Å². The molecule has 0 spiro atoms. The summed E-state index contributed by atoms with van der Waals surface area (Å²) in [5.41, 5.74) is 0.991. The van der Waals surface area contributed by atoms with Crippen LogP contribution in [0.2, 0.25) is 0 Å². The topological polar surface area (TPSA) is 66.8 Å². The fourth-order valence-electron chi connectivity index (χ4n) is 2.45. The third kappa shape index (κ3) is 4.78. The van der Waals surface area contributed by atoms with E-state index in [4.69, 9.17) is 22.1 Å². The molecule has 1 aliphatic rings. The van der Waals surface area contributed by atoms with Crippen molar-refractivity contribution < 1.29 is 23.8 Å². The van der Waals surface area contributed by atoms with Gasteiger partial charge in [-0.25, -0.2) is 4.39 Å². The molecule has 1 saturated heterocycles. The van der Waals surface area contributed by atoms with Gasteiger partial charge in [-0.15, -0.1) is 0 Å². The SMILES string of the molecule is O=C(O)CN1C(=O)/C(=C\c2cc(Br)ccc2OCc2ccccc2F)SC1=S. The Kier molecular flexibility index (Phi) is 6.48. The molecule has 2 aromatic carbocycles. The zero-order valence-corrected chi connectivity index (χ0v) is 17.4. The molecule has 28 heavy (non-hydrogen) atoms. The Hall–Kier alpha value is -2.23. The van der Waals surface area contributed by atoms with Crippen LogP contribution < -0.4 is 4.74 Å². The summed E-state index contributed by atoms with van der Waals surface area (Å²) in [5, 5.41) is 8.93. The van der Waals surface area contributed by atoms with E-state index in [2.05, 4.69) is 15.9 Å². The van der Waals surface area contributed by atoms with Crippen molar-refractivity contribution in [1.82, 2.24) is 4.90 Å². The van der Waals surface area contributed by atoms with E-state index in [1.165, 1.54) is 6.07 Å². The highest BCUT2D eigenvalue weighted by molar-refractivity contribution is 9.10. The number of hydrogen-bond acceptors (Lipinski definition) is 5. The minimum Gasteiger partial charge on any atom is -0.488 e. The number of carboxylic acid groups (broad SMARTS) is 1. The van der Waals surface area contributed by atoms with Crippen LogP contribution in [0.4, 0.5) is 4.39 Å². The number of benzene rings is 2. The summed E-state index contributed by atoms with van der Waals surface area (Å²) in [7, 11) is 0. The number of carbonyl (C=O) groups excluding carboxylic acids is 1. The maximum absolute atomic E-state index is 13.8. The molecule has 144 valence electrons. The molecule has 0 radical (unpaired) electrons. The van der Waals surface area contributed by atoms with E-state index in [1.807, 2.05) is 0 Å². The quantitative estimate of drug-likeness (QED) is 0.485. The van der Waals surface area contributed by atoms with Crippen molar-refractivity contribution in [2.45, 2.75) is 6.61 Å². The van der Waals surface area contributed by atoms with Crippen molar-refractivity contribution in [3.05, 3.63) is 68.8 Å². The number of carbonyl (C=O) groups is 2. The first-order chi connectivity index (χ1) is 13.3. The molecule has 0 aliphatic carbocycles. The lowest BCUT2D eigenvalue weighted by molar-refractivity contribution is -0.140. The highest BCUT2D eigenvalue weighted by Crippen LogP contribution is 2.35. The second-order valence-corrected chi connectivity index (χ2v) is 8.32. The molecule has 9 heteroatoms. The fourth-order valence-corrected chi connectivity index (χ4v) is 4.07. The predicted molar refractivity (Wildman–Crippen MR) is 112 cm³/mol. The highest BCUT2D eigenvalue weighted by Gasteiger charge is 2.33. The fraction of sp³-hybridized carbons (Fsp3) is 0.105. The van der Waals surface area contributed by atoms with Gasteiger partial charge < -0.3 is 9.84 Å². The second-order valence-electron chi connectivity index (χ2n) is 5.72. The third-order valence-corrected chi connectivity index (χ3v) is 5.64. The molecule has 0 aromatic heterocycles. The first-order valence-corrected chi connectivity index (χ1v) is 10.00. The maximum Gasteiger partial charge on any atom is 0.323 e. The molecule has 2 aromatic rings. The van der Waals surface area contributed by atoms with Gasteiger partial charge in [0.25, 0.3) is 5.91 Å². The molecule has 1 fully saturated rings. The number of nitrogens with zero attached hydrogens (tertiary/aromatic N) is 1. The lowest BCUT2D eigenvalue weighted by Crippen LogP contribution is -2.33. The summed E-state index contributed by atoms with van der Waals surface area (Å²) < 4.78 is 20.5. The van der Waals surface area contributed by atoms with Gasteiger partial charge in [0, 0.05) is 15.6 Å². The molecule has 1 heterocycles. The van der Waals surface area contributed by atoms with E-state index in [1.54, 1.807) is 42.5 Å². The number of aliphatic carboxylic acids is 1. The Morgan fingerprint density at radius 2 is 2.07 bits per heavy atom. The van der Waals surface area contributed by atoms with E-state index in [0.717, 1.165) is 21.1 Å². The van der Waals surface area contributed by atoms with Crippen LogP contribution in [0.1, 0.15) is 11.1 Å². The molecular formula is C19H13BrFNO4S2. The summed E-state index contributed by atoms with van der Waals surface area (Å²) in [4.78, 5) is 24.7. The standard InChI is InChI=1S/C19H13BrFNO4S2/c20-13-5-6-15(26-10-11-3-1-2-4-14(11)21)12(7-13)8-16-18(25)22(9-17(23)24)19(27)28-16/h1-8H,9-10H2,(H,23,24)/b16-8+. The zero-order chi connectivity index (χ0) is 20.3. The molecular weight excluding hydrogens is 469 g/mol. The molecule has 0 bridgehead atoms. The molecule has 0 saturated carbocycles. The molecule has 1 aliphatic heterocycles. The van der Waals surface area contributed by atoms with Crippen LogP contribution in [0.5, 0.6) is 5.75 Å². The average molecular weight is 482 g/mol. The molecule has 0 unspecified atom stereocenters. The van der Waals surface area contributed by atoms with Gasteiger partial charge in [-0.2, -0.15) is 0 Å². The molecule has 5 nitrogen and oxygen atoms in total. The lowest BCUT2D eigenvalue weighted by atomic mass is 10.1. The summed E-state index contributed by atoms with van der Waals surface area (Å²) in [6.07, 6.45) is 1.59. The number of thioether (sulfide) groups is 1. The van der Waals surface area contributed by atoms with E-state index in [0.29, 0.717) is 21.8 Å². The maximum atomic E-state index is 13.8. The van der Waals surface area contributed by atoms with Crippen molar-refractivity contribution >= 4 is 62.2 Å². The number of hydrogen-bond donors (Lipinski definition) is 1. The van der Waals surface area contributed by atoms with E-state index >= 15 is 0 Å². The van der Waals surface area contributed by atoms with Gasteiger partial charge in [-0.3, -0.25) is 14.5 Å². The second kappa shape index (κ2) is 8.85. The van der Waals surface area contributed by atoms with Crippen molar-refractivity contribution in [2.24, 2.45) is 0 Å². The Labute approximate surface area is 178 Å². The van der Waals surface area contributed by atoms with Gasteiger partial charge in [-0.1, -0.05) is 58.1 Å². The van der Waals surface area contributed by atoms with Crippen molar-refractivity contribution in [3.8, 4) is 5.75 Å². The summed E-state index contributed by atoms with van der Waals surface area (Å²) in [6.45, 7) is -0.466. The van der Waals surface area contributed by atoms with Crippen LogP contribution in [0.25, 0.3) is 6.08 Å². The molecule has 1 amide bonds. The number of carboxylic acids is 1. The Morgan fingerprint density at radius 1 is 1.32 bits per heavy atom. The van der Waals surface area contributed by atoms with Crippen molar-refractivity contribution in [2.75, 3.05) is 6.54 Å². The van der Waals surface area contributed by atoms with Gasteiger partial charge in [0.05, 0.1) is 4.91 Å².